The van der Waals surface area contributed by atoms with Crippen molar-refractivity contribution in [2.45, 2.75) is 33.1 Å². The van der Waals surface area contributed by atoms with E-state index >= 15 is 0 Å². The number of esters is 1. The van der Waals surface area contributed by atoms with Gasteiger partial charge in [-0.05, 0) is 25.5 Å². The molecule has 0 saturated heterocycles. The van der Waals surface area contributed by atoms with Gasteiger partial charge in [-0.15, -0.1) is 0 Å². The molecule has 77 heavy (non-hydrogen) atoms. The van der Waals surface area contributed by atoms with Crippen LogP contribution in [0.4, 0.5) is 29.3 Å². The third-order valence-corrected chi connectivity index (χ3v) is 9.89. The van der Waals surface area contributed by atoms with E-state index in [0.717, 1.165) is 6.26 Å². The number of amides is 3. The van der Waals surface area contributed by atoms with Crippen LogP contribution in [0.1, 0.15) is 59.7 Å². The van der Waals surface area contributed by atoms with Crippen molar-refractivity contribution in [3.05, 3.63) is 70.4 Å². The minimum atomic E-state index is -1.81. The lowest BCUT2D eigenvalue weighted by Crippen LogP contribution is -2.34. The second-order valence-corrected chi connectivity index (χ2v) is 15.8. The van der Waals surface area contributed by atoms with Crippen molar-refractivity contribution in [2.75, 3.05) is 157 Å². The highest BCUT2D eigenvalue weighted by molar-refractivity contribution is 6.07. The maximum absolute atomic E-state index is 13.6. The van der Waals surface area contributed by atoms with Crippen LogP contribution in [0.15, 0.2) is 39.6 Å². The van der Waals surface area contributed by atoms with Crippen LogP contribution in [0, 0.1) is 23.3 Å². The normalized spacial score (nSPS) is 12.2. The molecule has 28 heteroatoms. The number of pyridine rings is 1. The van der Waals surface area contributed by atoms with Gasteiger partial charge < -0.3 is 67.6 Å². The van der Waals surface area contributed by atoms with E-state index in [1.807, 2.05) is 6.92 Å². The summed E-state index contributed by atoms with van der Waals surface area (Å²) < 4.78 is 117. The maximum Gasteiger partial charge on any atom is 0.313 e. The second kappa shape index (κ2) is 37.7. The first-order valence-corrected chi connectivity index (χ1v) is 24.8. The quantitative estimate of drug-likeness (QED) is 0.0182. The zero-order valence-electron chi connectivity index (χ0n) is 43.1. The smallest absolute Gasteiger partial charge is 0.313 e. The Morgan fingerprint density at radius 3 is 1.66 bits per heavy atom. The third kappa shape index (κ3) is 24.9. The molecule has 428 valence electrons. The highest BCUT2D eigenvalue weighted by Gasteiger charge is 2.25. The number of hydrogen-bond donors (Lipinski definition) is 3. The zero-order chi connectivity index (χ0) is 55.5. The number of benzene rings is 1. The molecule has 3 aromatic rings. The van der Waals surface area contributed by atoms with E-state index in [9.17, 15) is 36.7 Å². The van der Waals surface area contributed by atoms with Gasteiger partial charge in [-0.1, -0.05) is 6.92 Å². The van der Waals surface area contributed by atoms with Gasteiger partial charge >= 0.3 is 12.0 Å². The first-order chi connectivity index (χ1) is 37.4. The lowest BCUT2D eigenvalue weighted by Gasteiger charge is -2.21. The second-order valence-electron chi connectivity index (χ2n) is 15.8. The van der Waals surface area contributed by atoms with Crippen LogP contribution in [0.25, 0.3) is 6.08 Å². The van der Waals surface area contributed by atoms with Crippen LogP contribution in [0.3, 0.4) is 0 Å². The molecule has 0 fully saturated rings. The van der Waals surface area contributed by atoms with Gasteiger partial charge in [-0.3, -0.25) is 34.3 Å². The Bertz CT molecular complexity index is 2300. The number of ether oxygens (including phenoxy) is 11. The largest absolute Gasteiger partial charge is 0.431 e. The summed E-state index contributed by atoms with van der Waals surface area (Å²) in [6.45, 7) is 10.8. The van der Waals surface area contributed by atoms with Crippen molar-refractivity contribution >= 4 is 47.3 Å². The molecule has 0 bridgehead atoms. The van der Waals surface area contributed by atoms with Crippen LogP contribution in [0.5, 0.6) is 5.75 Å². The Morgan fingerprint density at radius 1 is 0.675 bits per heavy atom. The molecule has 3 amide bonds. The fourth-order valence-electron chi connectivity index (χ4n) is 6.25. The number of nitrogens with one attached hydrogen (secondary N) is 2. The number of hydrogen-bond acceptors (Lipinski definition) is 21. The van der Waals surface area contributed by atoms with Gasteiger partial charge in [0.05, 0.1) is 162 Å². The van der Waals surface area contributed by atoms with Gasteiger partial charge in [0, 0.05) is 37.3 Å². The molecule has 0 radical (unpaired) electrons. The van der Waals surface area contributed by atoms with Crippen LogP contribution in [0.2, 0.25) is 0 Å². The van der Waals surface area contributed by atoms with Crippen LogP contribution >= 0.6 is 0 Å². The van der Waals surface area contributed by atoms with Gasteiger partial charge in [0.25, 0.3) is 17.7 Å². The summed E-state index contributed by atoms with van der Waals surface area (Å²) in [5.41, 5.74) is 7.16. The molecule has 1 aliphatic heterocycles. The van der Waals surface area contributed by atoms with Crippen molar-refractivity contribution in [3.8, 4) is 5.75 Å². The number of anilines is 1. The molecule has 3 heterocycles. The third-order valence-electron chi connectivity index (χ3n) is 9.89. The van der Waals surface area contributed by atoms with Gasteiger partial charge in [0.1, 0.15) is 12.1 Å². The van der Waals surface area contributed by atoms with Gasteiger partial charge in [0.2, 0.25) is 17.4 Å². The van der Waals surface area contributed by atoms with Crippen molar-refractivity contribution < 1.29 is 98.1 Å². The topological polar surface area (TPSA) is 284 Å². The number of oxazole rings is 1. The molecule has 2 aromatic heterocycles. The summed E-state index contributed by atoms with van der Waals surface area (Å²) in [6, 6.07) is 1.27. The van der Waals surface area contributed by atoms with E-state index in [1.54, 1.807) is 13.0 Å². The highest BCUT2D eigenvalue weighted by atomic mass is 19.2. The number of aliphatic imine (C=N–C) groups is 1. The molecule has 0 atom stereocenters. The predicted octanol–water partition coefficient (Wildman–Crippen LogP) is 3.74. The van der Waals surface area contributed by atoms with Crippen molar-refractivity contribution in [2.24, 2.45) is 10.7 Å². The number of rotatable bonds is 42. The SMILES string of the molecule is CCCN(OCC)C(=O)C1=Cc2ncc(C(=O)Nc3nc(C(=O)NCCOCCOCCOCCOCCOCCOCCOCCOCCOCCOCCC(=O)Oc4c(F)c(F)cc(F)c4F)co3)cc2N=C(N)C1. The van der Waals surface area contributed by atoms with Crippen molar-refractivity contribution in [1.82, 2.24) is 20.3 Å². The number of amidine groups is 1. The first-order valence-electron chi connectivity index (χ1n) is 24.8. The summed E-state index contributed by atoms with van der Waals surface area (Å²) >= 11 is 0. The van der Waals surface area contributed by atoms with E-state index in [1.165, 1.54) is 17.3 Å². The Hall–Kier alpha value is -6.05. The molecular weight excluding hydrogens is 1030 g/mol. The summed E-state index contributed by atoms with van der Waals surface area (Å²) in [5.74, 6) is -10.9. The summed E-state index contributed by atoms with van der Waals surface area (Å²) in [4.78, 5) is 68.6. The van der Waals surface area contributed by atoms with E-state index < -0.39 is 53.2 Å². The number of carbonyl (C=O) groups is 4. The van der Waals surface area contributed by atoms with E-state index in [2.05, 4.69) is 30.3 Å². The van der Waals surface area contributed by atoms with Crippen molar-refractivity contribution in [1.29, 1.82) is 0 Å². The van der Waals surface area contributed by atoms with Crippen LogP contribution < -0.4 is 21.1 Å². The highest BCUT2D eigenvalue weighted by Crippen LogP contribution is 2.28. The lowest BCUT2D eigenvalue weighted by atomic mass is 10.1. The molecule has 1 aliphatic rings. The maximum atomic E-state index is 13.6. The Labute approximate surface area is 442 Å². The van der Waals surface area contributed by atoms with Crippen molar-refractivity contribution in [3.63, 3.8) is 0 Å². The van der Waals surface area contributed by atoms with Crippen LogP contribution in [-0.4, -0.2) is 196 Å². The minimum absolute atomic E-state index is 0.0103. The Morgan fingerprint density at radius 2 is 1.17 bits per heavy atom. The number of carbonyl (C=O) groups excluding carboxylic acids is 4. The zero-order valence-corrected chi connectivity index (χ0v) is 43.1. The van der Waals surface area contributed by atoms with Gasteiger partial charge in [0.15, 0.2) is 17.3 Å². The number of fused-ring (bicyclic) bond motifs is 1. The van der Waals surface area contributed by atoms with Crippen LogP contribution in [-0.2, 0) is 61.8 Å². The number of nitrogens with two attached hydrogens (primary N) is 1. The van der Waals surface area contributed by atoms with E-state index in [0.29, 0.717) is 136 Å². The Balaban J connectivity index is 0.862. The molecule has 0 saturated carbocycles. The molecule has 0 spiro atoms. The van der Waals surface area contributed by atoms with E-state index in [-0.39, 0.29) is 81.1 Å². The number of aromatic nitrogens is 2. The molecule has 0 unspecified atom stereocenters. The fraction of sp³-hybridized carbons (Fsp3) is 0.571. The molecule has 0 aliphatic carbocycles. The van der Waals surface area contributed by atoms with E-state index in [4.69, 9.17) is 62.4 Å². The standard InChI is InChI=1S/C49H67F4N7O17/c1-3-7-60(76-4-2)48(64)34-28-38-39(57-41(54)30-34)29-35(32-56-38)46(62)59-49-58-40(33-75-49)47(63)55-6-9-66-11-13-68-15-17-70-19-21-72-23-25-74-27-26-73-24-22-71-20-18-69-16-14-67-12-10-65-8-5-42(61)77-45-43(52)36(50)31-37(51)44(45)53/h28-29,31-33H,3-27,30H2,1-2H3,(H2,54,57)(H,55,63)(H,58,59,62). The molecule has 4 rings (SSSR count). The first kappa shape index (κ1) is 63.5. The number of hydroxylamine groups is 2. The summed E-state index contributed by atoms with van der Waals surface area (Å²) in [6.07, 6.45) is 4.35. The summed E-state index contributed by atoms with van der Waals surface area (Å²) in [5, 5.41) is 6.43. The monoisotopic (exact) mass is 1100 g/mol. The van der Waals surface area contributed by atoms with Gasteiger partial charge in [-0.25, -0.2) is 18.8 Å². The Kier molecular flexibility index (Phi) is 31.1. The molecule has 1 aromatic carbocycles. The molecule has 4 N–H and O–H groups in total. The number of halogens is 4. The molecular formula is C49H67F4N7O17. The summed E-state index contributed by atoms with van der Waals surface area (Å²) in [7, 11) is 0. The average Bonchev–Trinajstić information content (AvgIpc) is 3.81. The predicted molar refractivity (Wildman–Crippen MR) is 263 cm³/mol. The van der Waals surface area contributed by atoms with Gasteiger partial charge in [-0.2, -0.15) is 13.8 Å². The number of nitrogens with zero attached hydrogens (tertiary/aromatic N) is 4. The lowest BCUT2D eigenvalue weighted by molar-refractivity contribution is -0.180. The average molecular weight is 1100 g/mol. The molecule has 24 nitrogen and oxygen atoms in total. The fourth-order valence-corrected chi connectivity index (χ4v) is 6.25. The minimum Gasteiger partial charge on any atom is -0.431 e.